The van der Waals surface area contributed by atoms with E-state index in [1.165, 1.54) is 0 Å². The summed E-state index contributed by atoms with van der Waals surface area (Å²) in [6.45, 7) is 3.85. The maximum atomic E-state index is 13.6. The van der Waals surface area contributed by atoms with Crippen molar-refractivity contribution in [3.63, 3.8) is 0 Å². The first-order valence-electron chi connectivity index (χ1n) is 10.7. The summed E-state index contributed by atoms with van der Waals surface area (Å²) in [7, 11) is 0. The number of carbonyl (C=O) groups is 1. The first-order chi connectivity index (χ1) is 16.0. The molecule has 1 aromatic heterocycles. The highest BCUT2D eigenvalue weighted by Crippen LogP contribution is 2.31. The number of carbonyl (C=O) groups excluding carboxylic acids is 1. The second-order valence-electron chi connectivity index (χ2n) is 7.96. The van der Waals surface area contributed by atoms with Crippen LogP contribution in [0, 0.1) is 13.8 Å². The van der Waals surface area contributed by atoms with Gasteiger partial charge in [-0.3, -0.25) is 9.78 Å². The number of hydrazone groups is 1. The lowest BCUT2D eigenvalue weighted by Gasteiger charge is -2.28. The van der Waals surface area contributed by atoms with Gasteiger partial charge in [-0.25, -0.2) is 5.43 Å². The summed E-state index contributed by atoms with van der Waals surface area (Å²) in [6.07, 6.45) is 3.37. The van der Waals surface area contributed by atoms with E-state index < -0.39 is 11.5 Å². The number of amides is 1. The molecular weight excluding hydrogens is 410 g/mol. The minimum absolute atomic E-state index is 0.475. The van der Waals surface area contributed by atoms with Gasteiger partial charge >= 0.3 is 0 Å². The van der Waals surface area contributed by atoms with E-state index in [1.54, 1.807) is 24.5 Å². The summed E-state index contributed by atoms with van der Waals surface area (Å²) in [6, 6.07) is 27.8. The Morgan fingerprint density at radius 3 is 1.97 bits per heavy atom. The predicted molar refractivity (Wildman–Crippen MR) is 130 cm³/mol. The fourth-order valence-corrected chi connectivity index (χ4v) is 3.75. The van der Waals surface area contributed by atoms with Crippen LogP contribution >= 0.6 is 0 Å². The summed E-state index contributed by atoms with van der Waals surface area (Å²) in [5.41, 5.74) is 5.66. The number of hydrogen-bond donors (Lipinski definition) is 2. The van der Waals surface area contributed by atoms with E-state index >= 15 is 0 Å². The first kappa shape index (κ1) is 22.1. The Morgan fingerprint density at radius 1 is 0.818 bits per heavy atom. The van der Waals surface area contributed by atoms with Gasteiger partial charge in [0.1, 0.15) is 0 Å². The van der Waals surface area contributed by atoms with Crippen molar-refractivity contribution in [1.82, 2.24) is 10.4 Å². The van der Waals surface area contributed by atoms with Crippen LogP contribution in [0.3, 0.4) is 0 Å². The van der Waals surface area contributed by atoms with Crippen molar-refractivity contribution >= 4 is 11.6 Å². The quantitative estimate of drug-likeness (QED) is 0.346. The van der Waals surface area contributed by atoms with Crippen molar-refractivity contribution < 1.29 is 9.90 Å². The summed E-state index contributed by atoms with van der Waals surface area (Å²) < 4.78 is 0. The molecule has 0 saturated heterocycles. The van der Waals surface area contributed by atoms with Gasteiger partial charge in [-0.1, -0.05) is 90.0 Å². The van der Waals surface area contributed by atoms with Gasteiger partial charge in [0.15, 0.2) is 5.60 Å². The number of pyridine rings is 1. The molecule has 0 atom stereocenters. The van der Waals surface area contributed by atoms with E-state index in [9.17, 15) is 9.90 Å². The number of aromatic nitrogens is 1. The molecule has 5 heteroatoms. The summed E-state index contributed by atoms with van der Waals surface area (Å²) in [4.78, 5) is 17.8. The molecule has 1 heterocycles. The van der Waals surface area contributed by atoms with Crippen LogP contribution in [0.15, 0.2) is 108 Å². The molecule has 0 unspecified atom stereocenters. The van der Waals surface area contributed by atoms with Gasteiger partial charge in [0.2, 0.25) is 0 Å². The number of nitrogens with one attached hydrogen (secondary N) is 1. The van der Waals surface area contributed by atoms with Crippen LogP contribution in [-0.2, 0) is 10.4 Å². The highest BCUT2D eigenvalue weighted by Gasteiger charge is 2.40. The van der Waals surface area contributed by atoms with E-state index in [2.05, 4.69) is 15.5 Å². The van der Waals surface area contributed by atoms with Crippen molar-refractivity contribution in [3.8, 4) is 0 Å². The third-order valence-corrected chi connectivity index (χ3v) is 5.45. The van der Waals surface area contributed by atoms with Gasteiger partial charge in [-0.15, -0.1) is 0 Å². The first-order valence-corrected chi connectivity index (χ1v) is 10.7. The van der Waals surface area contributed by atoms with Crippen molar-refractivity contribution in [3.05, 3.63) is 137 Å². The molecule has 0 bridgehead atoms. The molecule has 2 N–H and O–H groups in total. The molecule has 3 aromatic carbocycles. The van der Waals surface area contributed by atoms with Crippen LogP contribution in [-0.4, -0.2) is 21.7 Å². The van der Waals surface area contributed by atoms with Crippen molar-refractivity contribution in [2.45, 2.75) is 19.4 Å². The zero-order valence-corrected chi connectivity index (χ0v) is 18.6. The molecule has 4 aromatic rings. The average Bonchev–Trinajstić information content (AvgIpc) is 2.85. The van der Waals surface area contributed by atoms with Crippen molar-refractivity contribution in [2.24, 2.45) is 5.10 Å². The predicted octanol–water partition coefficient (Wildman–Crippen LogP) is 4.50. The van der Waals surface area contributed by atoms with Gasteiger partial charge in [0.25, 0.3) is 5.91 Å². The molecule has 0 spiro atoms. The Bertz CT molecular complexity index is 1200. The van der Waals surface area contributed by atoms with E-state index in [1.807, 2.05) is 92.7 Å². The molecule has 0 aliphatic rings. The topological polar surface area (TPSA) is 74.6 Å². The normalized spacial score (nSPS) is 11.8. The zero-order valence-electron chi connectivity index (χ0n) is 18.6. The Morgan fingerprint density at radius 2 is 1.42 bits per heavy atom. The maximum absolute atomic E-state index is 13.6. The van der Waals surface area contributed by atoms with Crippen LogP contribution in [0.25, 0.3) is 0 Å². The molecule has 33 heavy (non-hydrogen) atoms. The fraction of sp³-hybridized carbons (Fsp3) is 0.107. The number of hydrogen-bond acceptors (Lipinski definition) is 4. The van der Waals surface area contributed by atoms with Gasteiger partial charge < -0.3 is 5.11 Å². The van der Waals surface area contributed by atoms with Crippen LogP contribution in [0.4, 0.5) is 0 Å². The molecule has 5 nitrogen and oxygen atoms in total. The standard InChI is InChI=1S/C28H25N3O2/c1-20-9-6-14-24(17-20)28(33,25-15-7-10-21(2)18-25)27(32)31-30-26(22-11-4-3-5-12-22)23-13-8-16-29-19-23/h3-19,33H,1-2H3,(H,31,32). The molecule has 4 rings (SSSR count). The Labute approximate surface area is 193 Å². The second kappa shape index (κ2) is 9.59. The van der Waals surface area contributed by atoms with E-state index in [4.69, 9.17) is 0 Å². The SMILES string of the molecule is Cc1cccc(C(O)(C(=O)NN=C(c2ccccc2)c2cccnc2)c2cccc(C)c2)c1. The monoisotopic (exact) mass is 435 g/mol. The molecule has 0 aliphatic carbocycles. The van der Waals surface area contributed by atoms with Crippen LogP contribution in [0.5, 0.6) is 0 Å². The highest BCUT2D eigenvalue weighted by atomic mass is 16.3. The molecular formula is C28H25N3O2. The Balaban J connectivity index is 1.78. The summed E-state index contributed by atoms with van der Waals surface area (Å²) in [5.74, 6) is -0.643. The van der Waals surface area contributed by atoms with Gasteiger partial charge in [-0.2, -0.15) is 5.10 Å². The lowest BCUT2D eigenvalue weighted by molar-refractivity contribution is -0.136. The van der Waals surface area contributed by atoms with Gasteiger partial charge in [-0.05, 0) is 37.1 Å². The minimum Gasteiger partial charge on any atom is -0.372 e. The molecule has 0 saturated carbocycles. The van der Waals surface area contributed by atoms with Gasteiger partial charge in [0, 0.05) is 23.5 Å². The molecule has 0 radical (unpaired) electrons. The number of aliphatic hydroxyl groups is 1. The maximum Gasteiger partial charge on any atom is 0.281 e. The van der Waals surface area contributed by atoms with E-state index in [0.29, 0.717) is 16.8 Å². The largest absolute Gasteiger partial charge is 0.372 e. The molecule has 0 fully saturated rings. The minimum atomic E-state index is -1.92. The van der Waals surface area contributed by atoms with E-state index in [-0.39, 0.29) is 0 Å². The smallest absolute Gasteiger partial charge is 0.281 e. The highest BCUT2D eigenvalue weighted by molar-refractivity contribution is 6.13. The lowest BCUT2D eigenvalue weighted by atomic mass is 9.84. The van der Waals surface area contributed by atoms with Crippen molar-refractivity contribution in [1.29, 1.82) is 0 Å². The number of aryl methyl sites for hydroxylation is 2. The third-order valence-electron chi connectivity index (χ3n) is 5.45. The zero-order chi connectivity index (χ0) is 23.3. The lowest BCUT2D eigenvalue weighted by Crippen LogP contribution is -2.44. The molecule has 1 amide bonds. The fourth-order valence-electron chi connectivity index (χ4n) is 3.75. The second-order valence-corrected chi connectivity index (χ2v) is 7.96. The van der Waals surface area contributed by atoms with Crippen LogP contribution in [0.2, 0.25) is 0 Å². The molecule has 0 aliphatic heterocycles. The van der Waals surface area contributed by atoms with E-state index in [0.717, 1.165) is 22.3 Å². The van der Waals surface area contributed by atoms with Gasteiger partial charge in [0.05, 0.1) is 5.71 Å². The Hall–Kier alpha value is -4.09. The third kappa shape index (κ3) is 4.73. The average molecular weight is 436 g/mol. The summed E-state index contributed by atoms with van der Waals surface area (Å²) >= 11 is 0. The van der Waals surface area contributed by atoms with Crippen LogP contribution < -0.4 is 5.43 Å². The van der Waals surface area contributed by atoms with Crippen LogP contribution in [0.1, 0.15) is 33.4 Å². The van der Waals surface area contributed by atoms with Crippen molar-refractivity contribution in [2.75, 3.05) is 0 Å². The number of benzene rings is 3. The summed E-state index contributed by atoms with van der Waals surface area (Å²) in [5, 5.41) is 16.3. The number of rotatable bonds is 6. The Kier molecular flexibility index (Phi) is 6.43. The molecule has 164 valence electrons. The number of nitrogens with zero attached hydrogens (tertiary/aromatic N) is 2.